The Morgan fingerprint density at radius 2 is 2.16 bits per heavy atom. The summed E-state index contributed by atoms with van der Waals surface area (Å²) in [5.41, 5.74) is 0.149. The first-order chi connectivity index (χ1) is 8.88. The highest BCUT2D eigenvalue weighted by atomic mass is 16.4. The molecule has 0 aromatic carbocycles. The number of carboxylic acid groups (broad SMARTS) is 1. The van der Waals surface area contributed by atoms with E-state index >= 15 is 0 Å². The maximum absolute atomic E-state index is 12.0. The number of nitrogens with zero attached hydrogens (tertiary/aromatic N) is 1. The van der Waals surface area contributed by atoms with Crippen LogP contribution < -0.4 is 10.9 Å². The Morgan fingerprint density at radius 3 is 2.68 bits per heavy atom. The molecular formula is C12H15N3O4. The van der Waals surface area contributed by atoms with Crippen LogP contribution in [-0.4, -0.2) is 33.2 Å². The number of aromatic nitrogens is 2. The molecule has 7 heteroatoms. The average molecular weight is 265 g/mol. The van der Waals surface area contributed by atoms with Crippen LogP contribution in [0.15, 0.2) is 17.4 Å². The largest absolute Gasteiger partial charge is 0.480 e. The fraction of sp³-hybridized carbons (Fsp3) is 0.333. The second-order valence-corrected chi connectivity index (χ2v) is 4.03. The van der Waals surface area contributed by atoms with E-state index in [-0.39, 0.29) is 12.0 Å². The molecule has 0 aliphatic rings. The molecule has 1 amide bonds. The van der Waals surface area contributed by atoms with E-state index in [0.29, 0.717) is 11.3 Å². The van der Waals surface area contributed by atoms with Gasteiger partial charge in [-0.2, -0.15) is 5.10 Å². The molecule has 3 N–H and O–H groups in total. The lowest BCUT2D eigenvalue weighted by molar-refractivity contribution is -0.139. The Hall–Kier alpha value is -2.44. The Labute approximate surface area is 109 Å². The summed E-state index contributed by atoms with van der Waals surface area (Å²) in [4.78, 5) is 34.5. The van der Waals surface area contributed by atoms with E-state index in [4.69, 9.17) is 5.11 Å². The molecule has 7 nitrogen and oxygen atoms in total. The van der Waals surface area contributed by atoms with E-state index in [0.717, 1.165) is 0 Å². The molecule has 102 valence electrons. The number of hydrogen-bond acceptors (Lipinski definition) is 4. The smallest absolute Gasteiger partial charge is 0.326 e. The summed E-state index contributed by atoms with van der Waals surface area (Å²) in [5, 5.41) is 17.1. The molecule has 1 unspecified atom stereocenters. The number of aryl methyl sites for hydroxylation is 1. The van der Waals surface area contributed by atoms with Crippen LogP contribution in [0.1, 0.15) is 28.0 Å². The molecule has 1 aromatic heterocycles. The molecule has 1 atom stereocenters. The van der Waals surface area contributed by atoms with E-state index < -0.39 is 23.5 Å². The van der Waals surface area contributed by atoms with Crippen molar-refractivity contribution in [1.82, 2.24) is 15.5 Å². The normalized spacial score (nSPS) is 11.7. The lowest BCUT2D eigenvalue weighted by Gasteiger charge is -2.13. The predicted molar refractivity (Wildman–Crippen MR) is 68.0 cm³/mol. The molecular weight excluding hydrogens is 250 g/mol. The summed E-state index contributed by atoms with van der Waals surface area (Å²) in [6, 6.07) is -1.11. The van der Waals surface area contributed by atoms with Crippen molar-refractivity contribution in [2.24, 2.45) is 0 Å². The standard InChI is InChI=1S/C12H15N3O4/c1-4-5-8(12(18)19)13-10(16)9-6(2)7(3)14-15-11(9)17/h4,8H,1,5H2,2-3H3,(H,13,16)(H,15,17)(H,18,19). The minimum atomic E-state index is -1.19. The summed E-state index contributed by atoms with van der Waals surface area (Å²) in [5.74, 6) is -1.92. The average Bonchev–Trinajstić information content (AvgIpc) is 2.33. The number of carbonyl (C=O) groups excluding carboxylic acids is 1. The third-order valence-corrected chi connectivity index (χ3v) is 2.70. The molecule has 1 rings (SSSR count). The first-order valence-corrected chi connectivity index (χ1v) is 5.59. The van der Waals surface area contributed by atoms with Gasteiger partial charge in [-0.15, -0.1) is 6.58 Å². The van der Waals surface area contributed by atoms with Crippen molar-refractivity contribution in [2.75, 3.05) is 0 Å². The number of H-pyrrole nitrogens is 1. The van der Waals surface area contributed by atoms with Gasteiger partial charge in [-0.3, -0.25) is 9.59 Å². The van der Waals surface area contributed by atoms with Crippen LogP contribution in [0.25, 0.3) is 0 Å². The van der Waals surface area contributed by atoms with Crippen LogP contribution in [0, 0.1) is 13.8 Å². The SMILES string of the molecule is C=CCC(NC(=O)c1c(C)c(C)n[nH]c1=O)C(=O)O. The fourth-order valence-corrected chi connectivity index (χ4v) is 1.52. The third kappa shape index (κ3) is 3.27. The van der Waals surface area contributed by atoms with Crippen LogP contribution in [0.5, 0.6) is 0 Å². The summed E-state index contributed by atoms with van der Waals surface area (Å²) < 4.78 is 0. The lowest BCUT2D eigenvalue weighted by Crippen LogP contribution is -2.42. The number of aliphatic carboxylic acids is 1. The predicted octanol–water partition coefficient (Wildman–Crippen LogP) is 0.146. The molecule has 0 bridgehead atoms. The maximum atomic E-state index is 12.0. The van der Waals surface area contributed by atoms with Crippen LogP contribution in [0.2, 0.25) is 0 Å². The molecule has 0 aliphatic heterocycles. The van der Waals surface area contributed by atoms with Crippen LogP contribution >= 0.6 is 0 Å². The van der Waals surface area contributed by atoms with E-state index in [1.54, 1.807) is 13.8 Å². The highest BCUT2D eigenvalue weighted by Crippen LogP contribution is 2.05. The Morgan fingerprint density at radius 1 is 1.53 bits per heavy atom. The van der Waals surface area contributed by atoms with Crippen molar-refractivity contribution in [3.63, 3.8) is 0 Å². The molecule has 1 aromatic rings. The third-order valence-electron chi connectivity index (χ3n) is 2.70. The van der Waals surface area contributed by atoms with Crippen LogP contribution in [0.3, 0.4) is 0 Å². The Bertz CT molecular complexity index is 577. The molecule has 0 aliphatic carbocycles. The number of amides is 1. The van der Waals surface area contributed by atoms with Gasteiger partial charge in [0.15, 0.2) is 0 Å². The topological polar surface area (TPSA) is 112 Å². The quantitative estimate of drug-likeness (QED) is 0.656. The Kier molecular flexibility index (Phi) is 4.57. The number of hydrogen-bond donors (Lipinski definition) is 3. The minimum absolute atomic E-state index is 0.0715. The zero-order chi connectivity index (χ0) is 14.6. The zero-order valence-corrected chi connectivity index (χ0v) is 10.7. The first-order valence-electron chi connectivity index (χ1n) is 5.59. The Balaban J connectivity index is 3.08. The van der Waals surface area contributed by atoms with Crippen molar-refractivity contribution in [2.45, 2.75) is 26.3 Å². The van der Waals surface area contributed by atoms with Gasteiger partial charge in [0, 0.05) is 0 Å². The molecule has 19 heavy (non-hydrogen) atoms. The molecule has 0 saturated carbocycles. The van der Waals surface area contributed by atoms with Gasteiger partial charge in [0.05, 0.1) is 5.69 Å². The van der Waals surface area contributed by atoms with Crippen LogP contribution in [-0.2, 0) is 4.79 Å². The van der Waals surface area contributed by atoms with Gasteiger partial charge >= 0.3 is 5.97 Å². The van der Waals surface area contributed by atoms with Gasteiger partial charge in [-0.1, -0.05) is 6.08 Å². The monoisotopic (exact) mass is 265 g/mol. The van der Waals surface area contributed by atoms with E-state index in [1.165, 1.54) is 6.08 Å². The van der Waals surface area contributed by atoms with Gasteiger partial charge in [-0.25, -0.2) is 9.89 Å². The minimum Gasteiger partial charge on any atom is -0.480 e. The molecule has 0 saturated heterocycles. The number of carboxylic acids is 1. The van der Waals surface area contributed by atoms with Crippen molar-refractivity contribution >= 4 is 11.9 Å². The van der Waals surface area contributed by atoms with Crippen molar-refractivity contribution in [1.29, 1.82) is 0 Å². The van der Waals surface area contributed by atoms with Crippen molar-refractivity contribution < 1.29 is 14.7 Å². The summed E-state index contributed by atoms with van der Waals surface area (Å²) >= 11 is 0. The fourth-order valence-electron chi connectivity index (χ4n) is 1.52. The molecule has 0 fully saturated rings. The van der Waals surface area contributed by atoms with Gasteiger partial charge in [0.2, 0.25) is 0 Å². The first kappa shape index (κ1) is 14.6. The summed E-state index contributed by atoms with van der Waals surface area (Å²) in [6.07, 6.45) is 1.45. The summed E-state index contributed by atoms with van der Waals surface area (Å²) in [7, 11) is 0. The second-order valence-electron chi connectivity index (χ2n) is 4.03. The molecule has 0 radical (unpaired) electrons. The zero-order valence-electron chi connectivity index (χ0n) is 10.7. The van der Waals surface area contributed by atoms with Gasteiger partial charge in [0.1, 0.15) is 11.6 Å². The van der Waals surface area contributed by atoms with E-state index in [2.05, 4.69) is 22.1 Å². The summed E-state index contributed by atoms with van der Waals surface area (Å²) in [6.45, 7) is 6.64. The lowest BCUT2D eigenvalue weighted by atomic mass is 10.1. The number of aromatic amines is 1. The van der Waals surface area contributed by atoms with Crippen LogP contribution in [0.4, 0.5) is 0 Å². The molecule has 0 spiro atoms. The highest BCUT2D eigenvalue weighted by Gasteiger charge is 2.22. The maximum Gasteiger partial charge on any atom is 0.326 e. The van der Waals surface area contributed by atoms with Gasteiger partial charge < -0.3 is 10.4 Å². The number of rotatable bonds is 5. The second kappa shape index (κ2) is 5.94. The van der Waals surface area contributed by atoms with Gasteiger partial charge in [0.25, 0.3) is 11.5 Å². The number of carbonyl (C=O) groups is 2. The highest BCUT2D eigenvalue weighted by molar-refractivity contribution is 5.97. The van der Waals surface area contributed by atoms with E-state index in [9.17, 15) is 14.4 Å². The van der Waals surface area contributed by atoms with Gasteiger partial charge in [-0.05, 0) is 25.8 Å². The van der Waals surface area contributed by atoms with Crippen molar-refractivity contribution in [3.8, 4) is 0 Å². The van der Waals surface area contributed by atoms with Crippen molar-refractivity contribution in [3.05, 3.63) is 39.8 Å². The number of nitrogens with one attached hydrogen (secondary N) is 2. The van der Waals surface area contributed by atoms with E-state index in [1.807, 2.05) is 0 Å². The molecule has 1 heterocycles.